The molecule has 2 amide bonds. The number of benzene rings is 4. The summed E-state index contributed by atoms with van der Waals surface area (Å²) in [4.78, 5) is 26.8. The number of para-hydroxylation sites is 2. The van der Waals surface area contributed by atoms with Crippen molar-refractivity contribution in [3.8, 4) is 22.6 Å². The first-order chi connectivity index (χ1) is 19.7. The highest BCUT2D eigenvalue weighted by Crippen LogP contribution is 2.51. The normalized spacial score (nSPS) is 14.8. The first kappa shape index (κ1) is 26.3. The summed E-state index contributed by atoms with van der Waals surface area (Å²) in [6.07, 6.45) is 0. The van der Waals surface area contributed by atoms with E-state index in [2.05, 4.69) is 16.7 Å². The Morgan fingerprint density at radius 3 is 2.37 bits per heavy atom. The first-order valence-electron chi connectivity index (χ1n) is 13.5. The number of aryl methyl sites for hydroxylation is 1. The number of nitrogens with zero attached hydrogens (tertiary/aromatic N) is 2. The number of ether oxygens (including phenoxy) is 2. The molecule has 2 heterocycles. The van der Waals surface area contributed by atoms with Gasteiger partial charge in [0.2, 0.25) is 0 Å². The Hall–Kier alpha value is -4.98. The lowest BCUT2D eigenvalue weighted by molar-refractivity contribution is -0.122. The van der Waals surface area contributed by atoms with E-state index in [0.29, 0.717) is 29.3 Å². The highest BCUT2D eigenvalue weighted by atomic mass is 16.5. The monoisotopic (exact) mass is 548 g/mol. The van der Waals surface area contributed by atoms with Gasteiger partial charge in [0.25, 0.3) is 11.8 Å². The third-order valence-electron chi connectivity index (χ3n) is 7.72. The number of hydrogen-bond donors (Lipinski definition) is 2. The summed E-state index contributed by atoms with van der Waals surface area (Å²) in [7, 11) is 3.25. The third kappa shape index (κ3) is 4.32. The van der Waals surface area contributed by atoms with Crippen molar-refractivity contribution in [1.82, 2.24) is 0 Å². The molecule has 2 N–H and O–H groups in total. The number of amides is 2. The Bertz CT molecular complexity index is 1700. The molecule has 4 aromatic rings. The molecule has 0 aliphatic carbocycles. The average molecular weight is 549 g/mol. The van der Waals surface area contributed by atoms with Gasteiger partial charge in [-0.15, -0.1) is 0 Å². The van der Waals surface area contributed by atoms with E-state index in [1.165, 1.54) is 0 Å². The summed E-state index contributed by atoms with van der Waals surface area (Å²) in [5.41, 5.74) is 6.64. The van der Waals surface area contributed by atoms with E-state index in [9.17, 15) is 9.59 Å². The summed E-state index contributed by atoms with van der Waals surface area (Å²) in [6, 6.07) is 24.9. The summed E-state index contributed by atoms with van der Waals surface area (Å²) < 4.78 is 11.5. The van der Waals surface area contributed by atoms with Crippen LogP contribution >= 0.6 is 0 Å². The molecule has 0 saturated heterocycles. The summed E-state index contributed by atoms with van der Waals surface area (Å²) in [6.45, 7) is 6.14. The highest BCUT2D eigenvalue weighted by Gasteiger charge is 2.47. The molecule has 41 heavy (non-hydrogen) atoms. The second kappa shape index (κ2) is 9.89. The molecule has 4 aromatic carbocycles. The van der Waals surface area contributed by atoms with Crippen LogP contribution in [0.2, 0.25) is 0 Å². The van der Waals surface area contributed by atoms with Crippen LogP contribution in [-0.2, 0) is 11.3 Å². The van der Waals surface area contributed by atoms with Crippen LogP contribution in [0.1, 0.15) is 35.3 Å². The molecule has 0 aromatic heterocycles. The molecule has 6 rings (SSSR count). The van der Waals surface area contributed by atoms with Crippen molar-refractivity contribution in [3.05, 3.63) is 95.6 Å². The van der Waals surface area contributed by atoms with Crippen molar-refractivity contribution in [1.29, 1.82) is 0 Å². The number of carbonyl (C=O) groups is 2. The Labute approximate surface area is 239 Å². The van der Waals surface area contributed by atoms with Gasteiger partial charge in [-0.2, -0.15) is 0 Å². The first-order valence-corrected chi connectivity index (χ1v) is 13.5. The van der Waals surface area contributed by atoms with Gasteiger partial charge in [-0.1, -0.05) is 36.4 Å². The number of hydrazine groups is 1. The van der Waals surface area contributed by atoms with Crippen LogP contribution in [0.25, 0.3) is 11.1 Å². The third-order valence-corrected chi connectivity index (χ3v) is 7.72. The molecule has 2 aliphatic heterocycles. The van der Waals surface area contributed by atoms with Gasteiger partial charge in [0, 0.05) is 28.4 Å². The van der Waals surface area contributed by atoms with Crippen molar-refractivity contribution in [2.45, 2.75) is 32.9 Å². The van der Waals surface area contributed by atoms with E-state index >= 15 is 0 Å². The van der Waals surface area contributed by atoms with Crippen LogP contribution in [0.5, 0.6) is 11.5 Å². The fourth-order valence-electron chi connectivity index (χ4n) is 5.65. The molecule has 208 valence electrons. The lowest BCUT2D eigenvalue weighted by Crippen LogP contribution is -2.57. The minimum absolute atomic E-state index is 0.0620. The van der Waals surface area contributed by atoms with E-state index in [1.54, 1.807) is 25.3 Å². The van der Waals surface area contributed by atoms with Gasteiger partial charge in [-0.25, -0.2) is 5.01 Å². The molecule has 0 saturated carbocycles. The van der Waals surface area contributed by atoms with Gasteiger partial charge < -0.3 is 20.1 Å². The molecule has 0 unspecified atom stereocenters. The van der Waals surface area contributed by atoms with Crippen LogP contribution < -0.4 is 30.1 Å². The molecular weight excluding hydrogens is 516 g/mol. The number of nitrogens with one attached hydrogen (secondary N) is 2. The number of carbonyl (C=O) groups excluding carboxylic acids is 2. The molecule has 0 fully saturated rings. The molecular formula is C33H32N4O4. The second-order valence-electron chi connectivity index (χ2n) is 10.8. The number of methoxy groups -OCH3 is 2. The Balaban J connectivity index is 1.43. The largest absolute Gasteiger partial charge is 0.496 e. The standard InChI is InChI=1S/C33H32N4O4/c1-20-10-6-7-11-22(20)31(38)34-21-14-15-24(29(18-21)41-5)23-16-17-26-30-25(23)19-36(27-12-8-9-13-28(27)40-4)37(30)32(39)33(2,3)35-26/h6-18,35H,19H2,1-5H3,(H,34,38). The molecule has 8 heteroatoms. The van der Waals surface area contributed by atoms with E-state index in [1.807, 2.05) is 92.5 Å². The summed E-state index contributed by atoms with van der Waals surface area (Å²) in [5, 5.41) is 10.2. The van der Waals surface area contributed by atoms with Crippen molar-refractivity contribution in [3.63, 3.8) is 0 Å². The lowest BCUT2D eigenvalue weighted by Gasteiger charge is -2.41. The fraction of sp³-hybridized carbons (Fsp3) is 0.212. The SMILES string of the molecule is COc1cc(NC(=O)c2ccccc2C)ccc1-c1ccc2c3c1CN(c1ccccc1OC)N3C(=O)C(C)(C)N2. The van der Waals surface area contributed by atoms with Crippen LogP contribution in [0.15, 0.2) is 78.9 Å². The van der Waals surface area contributed by atoms with Gasteiger partial charge in [0.05, 0.1) is 32.1 Å². The zero-order valence-electron chi connectivity index (χ0n) is 23.7. The molecule has 0 spiro atoms. The number of anilines is 4. The predicted octanol–water partition coefficient (Wildman–Crippen LogP) is 6.40. The lowest BCUT2D eigenvalue weighted by atomic mass is 9.93. The maximum absolute atomic E-state index is 13.8. The molecule has 0 atom stereocenters. The number of rotatable bonds is 6. The maximum atomic E-state index is 13.8. The van der Waals surface area contributed by atoms with Crippen LogP contribution in [0, 0.1) is 6.92 Å². The van der Waals surface area contributed by atoms with Crippen molar-refractivity contribution in [2.75, 3.05) is 34.9 Å². The van der Waals surface area contributed by atoms with Gasteiger partial charge in [-0.05, 0) is 68.3 Å². The van der Waals surface area contributed by atoms with Crippen LogP contribution in [0.4, 0.5) is 22.7 Å². The minimum Gasteiger partial charge on any atom is -0.496 e. The van der Waals surface area contributed by atoms with Gasteiger partial charge in [0.1, 0.15) is 22.7 Å². The van der Waals surface area contributed by atoms with Crippen LogP contribution in [0.3, 0.4) is 0 Å². The zero-order valence-corrected chi connectivity index (χ0v) is 23.7. The Kier molecular flexibility index (Phi) is 6.33. The van der Waals surface area contributed by atoms with E-state index in [0.717, 1.165) is 39.3 Å². The Morgan fingerprint density at radius 2 is 1.61 bits per heavy atom. The van der Waals surface area contributed by atoms with E-state index < -0.39 is 5.54 Å². The van der Waals surface area contributed by atoms with Crippen LogP contribution in [-0.4, -0.2) is 31.6 Å². The predicted molar refractivity (Wildman–Crippen MR) is 162 cm³/mol. The topological polar surface area (TPSA) is 83.1 Å². The highest BCUT2D eigenvalue weighted by molar-refractivity contribution is 6.12. The van der Waals surface area contributed by atoms with Crippen molar-refractivity contribution in [2.24, 2.45) is 0 Å². The fourth-order valence-corrected chi connectivity index (χ4v) is 5.65. The van der Waals surface area contributed by atoms with Gasteiger partial charge in [-0.3, -0.25) is 14.6 Å². The maximum Gasteiger partial charge on any atom is 0.270 e. The summed E-state index contributed by atoms with van der Waals surface area (Å²) >= 11 is 0. The van der Waals surface area contributed by atoms with Gasteiger partial charge >= 0.3 is 0 Å². The average Bonchev–Trinajstić information content (AvgIpc) is 3.37. The van der Waals surface area contributed by atoms with E-state index in [-0.39, 0.29) is 11.8 Å². The smallest absolute Gasteiger partial charge is 0.270 e. The summed E-state index contributed by atoms with van der Waals surface area (Å²) in [5.74, 6) is 1.05. The molecule has 8 nitrogen and oxygen atoms in total. The molecule has 2 aliphatic rings. The second-order valence-corrected chi connectivity index (χ2v) is 10.8. The van der Waals surface area contributed by atoms with Crippen molar-refractivity contribution >= 4 is 34.6 Å². The Morgan fingerprint density at radius 1 is 0.902 bits per heavy atom. The quantitative estimate of drug-likeness (QED) is 0.290. The van der Waals surface area contributed by atoms with Gasteiger partial charge in [0.15, 0.2) is 0 Å². The van der Waals surface area contributed by atoms with E-state index in [4.69, 9.17) is 9.47 Å². The minimum atomic E-state index is -0.801. The number of hydrogen-bond acceptors (Lipinski definition) is 6. The molecule has 0 bridgehead atoms. The van der Waals surface area contributed by atoms with Crippen molar-refractivity contribution < 1.29 is 19.1 Å². The zero-order chi connectivity index (χ0) is 28.9. The molecule has 0 radical (unpaired) electrons.